The van der Waals surface area contributed by atoms with Crippen molar-refractivity contribution in [3.05, 3.63) is 131 Å². The highest BCUT2D eigenvalue weighted by atomic mass is 35.5. The molecule has 46 heavy (non-hydrogen) atoms. The summed E-state index contributed by atoms with van der Waals surface area (Å²) in [6.45, 7) is 1.17. The quantitative estimate of drug-likeness (QED) is 0.184. The number of aryl methyl sites for hydroxylation is 1. The molecular formula is C36H37ClFN3O4S. The van der Waals surface area contributed by atoms with Crippen LogP contribution in [-0.4, -0.2) is 43.8 Å². The number of halogens is 2. The standard InChI is InChI=1S/C36H37ClFN3O4S/c1-26-9-5-8-14-33(26)41(46(44,45)32-21-17-29(37)18-22-32)25-35(42)40(24-28-15-19-30(38)20-16-28)34(23-27-10-3-2-4-11-27)36(43)39-31-12-6-7-13-31/h2-5,8-11,14-22,31,34H,6-7,12-13,23-25H2,1H3,(H,39,43)/t34-/m1/s1. The molecule has 0 heterocycles. The third-order valence-electron chi connectivity index (χ3n) is 8.30. The molecule has 7 nitrogen and oxygen atoms in total. The van der Waals surface area contributed by atoms with Gasteiger partial charge in [-0.1, -0.05) is 85.1 Å². The molecule has 0 aliphatic heterocycles. The minimum Gasteiger partial charge on any atom is -0.352 e. The molecule has 0 bridgehead atoms. The first-order valence-corrected chi connectivity index (χ1v) is 17.2. The number of hydrogen-bond donors (Lipinski definition) is 1. The Morgan fingerprint density at radius 1 is 0.870 bits per heavy atom. The van der Waals surface area contributed by atoms with Gasteiger partial charge in [0.25, 0.3) is 10.0 Å². The Balaban J connectivity index is 1.57. The average Bonchev–Trinajstić information content (AvgIpc) is 3.56. The maximum absolute atomic E-state index is 14.6. The van der Waals surface area contributed by atoms with E-state index in [1.807, 2.05) is 30.3 Å². The van der Waals surface area contributed by atoms with E-state index in [9.17, 15) is 22.4 Å². The number of carbonyl (C=O) groups excluding carboxylic acids is 2. The molecule has 5 rings (SSSR count). The molecule has 0 aromatic heterocycles. The molecule has 0 spiro atoms. The summed E-state index contributed by atoms with van der Waals surface area (Å²) in [6, 6.07) is 26.8. The SMILES string of the molecule is Cc1ccccc1N(CC(=O)N(Cc1ccc(F)cc1)[C@H](Cc1ccccc1)C(=O)NC1CCCC1)S(=O)(=O)c1ccc(Cl)cc1. The van der Waals surface area contributed by atoms with Gasteiger partial charge in [0.05, 0.1) is 10.6 Å². The number of benzene rings is 4. The first-order valence-electron chi connectivity index (χ1n) is 15.3. The molecule has 1 aliphatic carbocycles. The molecule has 1 aliphatic rings. The van der Waals surface area contributed by atoms with Gasteiger partial charge in [0, 0.05) is 24.0 Å². The summed E-state index contributed by atoms with van der Waals surface area (Å²) in [4.78, 5) is 30.0. The van der Waals surface area contributed by atoms with Crippen LogP contribution >= 0.6 is 11.6 Å². The molecule has 1 atom stereocenters. The van der Waals surface area contributed by atoms with Crippen LogP contribution in [0.3, 0.4) is 0 Å². The topological polar surface area (TPSA) is 86.8 Å². The van der Waals surface area contributed by atoms with Crippen molar-refractivity contribution < 1.29 is 22.4 Å². The maximum atomic E-state index is 14.6. The predicted molar refractivity (Wildman–Crippen MR) is 178 cm³/mol. The molecule has 240 valence electrons. The molecule has 1 N–H and O–H groups in total. The summed E-state index contributed by atoms with van der Waals surface area (Å²) in [7, 11) is -4.25. The van der Waals surface area contributed by atoms with Crippen molar-refractivity contribution in [1.29, 1.82) is 0 Å². The van der Waals surface area contributed by atoms with E-state index in [1.165, 1.54) is 41.3 Å². The van der Waals surface area contributed by atoms with Crippen molar-refractivity contribution in [3.8, 4) is 0 Å². The lowest BCUT2D eigenvalue weighted by Gasteiger charge is -2.34. The van der Waals surface area contributed by atoms with Gasteiger partial charge in [0.15, 0.2) is 0 Å². The highest BCUT2D eigenvalue weighted by Crippen LogP contribution is 2.28. The van der Waals surface area contributed by atoms with Crippen LogP contribution in [0.5, 0.6) is 0 Å². The smallest absolute Gasteiger partial charge is 0.264 e. The molecule has 0 unspecified atom stereocenters. The largest absolute Gasteiger partial charge is 0.352 e. The number of nitrogens with one attached hydrogen (secondary N) is 1. The van der Waals surface area contributed by atoms with Gasteiger partial charge in [0.2, 0.25) is 11.8 Å². The fourth-order valence-corrected chi connectivity index (χ4v) is 7.40. The van der Waals surface area contributed by atoms with Crippen molar-refractivity contribution in [2.24, 2.45) is 0 Å². The van der Waals surface area contributed by atoms with Crippen molar-refractivity contribution in [3.63, 3.8) is 0 Å². The number of carbonyl (C=O) groups is 2. The van der Waals surface area contributed by atoms with Crippen LogP contribution in [0.2, 0.25) is 5.02 Å². The lowest BCUT2D eigenvalue weighted by Crippen LogP contribution is -2.54. The van der Waals surface area contributed by atoms with Crippen molar-refractivity contribution in [2.75, 3.05) is 10.8 Å². The monoisotopic (exact) mass is 661 g/mol. The van der Waals surface area contributed by atoms with Gasteiger partial charge in [-0.2, -0.15) is 0 Å². The number of nitrogens with zero attached hydrogens (tertiary/aromatic N) is 2. The minimum absolute atomic E-state index is 0.00213. The number of amides is 2. The zero-order valence-electron chi connectivity index (χ0n) is 25.6. The first-order chi connectivity index (χ1) is 22.1. The maximum Gasteiger partial charge on any atom is 0.264 e. The zero-order valence-corrected chi connectivity index (χ0v) is 27.2. The Hall–Kier alpha value is -4.21. The minimum atomic E-state index is -4.25. The summed E-state index contributed by atoms with van der Waals surface area (Å²) in [5, 5.41) is 3.52. The van der Waals surface area contributed by atoms with Crippen molar-refractivity contribution in [2.45, 2.75) is 62.6 Å². The van der Waals surface area contributed by atoms with Crippen LogP contribution in [0.1, 0.15) is 42.4 Å². The summed E-state index contributed by atoms with van der Waals surface area (Å²) in [5.74, 6) is -1.32. The molecule has 1 fully saturated rings. The van der Waals surface area contributed by atoms with E-state index in [2.05, 4.69) is 5.32 Å². The number of hydrogen-bond acceptors (Lipinski definition) is 4. The summed E-state index contributed by atoms with van der Waals surface area (Å²) in [5.41, 5.74) is 2.43. The fourth-order valence-electron chi connectivity index (χ4n) is 5.80. The normalized spacial score (nSPS) is 14.1. The molecule has 4 aromatic carbocycles. The Bertz CT molecular complexity index is 1750. The summed E-state index contributed by atoms with van der Waals surface area (Å²) < 4.78 is 43.3. The molecule has 0 saturated heterocycles. The summed E-state index contributed by atoms with van der Waals surface area (Å²) in [6.07, 6.45) is 3.95. The van der Waals surface area contributed by atoms with Gasteiger partial charge >= 0.3 is 0 Å². The average molecular weight is 662 g/mol. The second-order valence-corrected chi connectivity index (χ2v) is 13.9. The fraction of sp³-hybridized carbons (Fsp3) is 0.278. The zero-order chi connectivity index (χ0) is 32.7. The van der Waals surface area contributed by atoms with E-state index in [0.29, 0.717) is 21.8 Å². The number of rotatable bonds is 12. The molecule has 0 radical (unpaired) electrons. The van der Waals surface area contributed by atoms with Gasteiger partial charge in [0.1, 0.15) is 18.4 Å². The van der Waals surface area contributed by atoms with Crippen LogP contribution in [-0.2, 0) is 32.6 Å². The molecule has 2 amide bonds. The Morgan fingerprint density at radius 2 is 1.50 bits per heavy atom. The number of sulfonamides is 1. The van der Waals surface area contributed by atoms with E-state index < -0.39 is 34.3 Å². The second kappa shape index (κ2) is 14.9. The highest BCUT2D eigenvalue weighted by Gasteiger charge is 2.36. The Kier molecular flexibility index (Phi) is 10.8. The molecule has 1 saturated carbocycles. The van der Waals surface area contributed by atoms with Gasteiger partial charge in [-0.25, -0.2) is 12.8 Å². The lowest BCUT2D eigenvalue weighted by atomic mass is 10.0. The van der Waals surface area contributed by atoms with E-state index in [4.69, 9.17) is 11.6 Å². The first kappa shape index (κ1) is 33.2. The Morgan fingerprint density at radius 3 is 2.15 bits per heavy atom. The third-order valence-corrected chi connectivity index (χ3v) is 10.3. The van der Waals surface area contributed by atoms with Crippen LogP contribution < -0.4 is 9.62 Å². The van der Waals surface area contributed by atoms with Crippen LogP contribution in [0.4, 0.5) is 10.1 Å². The lowest BCUT2D eigenvalue weighted by molar-refractivity contribution is -0.140. The third kappa shape index (κ3) is 8.13. The van der Waals surface area contributed by atoms with E-state index in [-0.39, 0.29) is 29.8 Å². The van der Waals surface area contributed by atoms with E-state index in [1.54, 1.807) is 43.3 Å². The van der Waals surface area contributed by atoms with Crippen LogP contribution in [0.25, 0.3) is 0 Å². The van der Waals surface area contributed by atoms with Gasteiger partial charge in [-0.05, 0) is 78.9 Å². The van der Waals surface area contributed by atoms with Gasteiger partial charge in [-0.15, -0.1) is 0 Å². The predicted octanol–water partition coefficient (Wildman–Crippen LogP) is 6.68. The molecular weight excluding hydrogens is 625 g/mol. The van der Waals surface area contributed by atoms with E-state index >= 15 is 0 Å². The molecule has 4 aromatic rings. The van der Waals surface area contributed by atoms with Crippen LogP contribution in [0, 0.1) is 12.7 Å². The summed E-state index contributed by atoms with van der Waals surface area (Å²) >= 11 is 6.06. The van der Waals surface area contributed by atoms with E-state index in [0.717, 1.165) is 35.6 Å². The van der Waals surface area contributed by atoms with Crippen molar-refractivity contribution in [1.82, 2.24) is 10.2 Å². The van der Waals surface area contributed by atoms with Crippen molar-refractivity contribution >= 4 is 39.1 Å². The second-order valence-electron chi connectivity index (χ2n) is 11.6. The number of para-hydroxylation sites is 1. The highest BCUT2D eigenvalue weighted by molar-refractivity contribution is 7.92. The van der Waals surface area contributed by atoms with Gasteiger partial charge < -0.3 is 10.2 Å². The number of anilines is 1. The van der Waals surface area contributed by atoms with Crippen LogP contribution in [0.15, 0.2) is 108 Å². The Labute approximate surface area is 275 Å². The van der Waals surface area contributed by atoms with Gasteiger partial charge in [-0.3, -0.25) is 13.9 Å². The molecule has 10 heteroatoms.